The zero-order chi connectivity index (χ0) is 26.0. The van der Waals surface area contributed by atoms with Gasteiger partial charge in [-0.05, 0) is 12.1 Å². The van der Waals surface area contributed by atoms with Gasteiger partial charge in [-0.25, -0.2) is 18.5 Å². The van der Waals surface area contributed by atoms with E-state index in [2.05, 4.69) is 13.1 Å². The van der Waals surface area contributed by atoms with Crippen LogP contribution in [0.15, 0.2) is 52.2 Å². The molecule has 0 bridgehead atoms. The topological polar surface area (TPSA) is 256 Å². The predicted molar refractivity (Wildman–Crippen MR) is 115 cm³/mol. The average molecular weight is 559 g/mol. The Morgan fingerprint density at radius 2 is 1.63 bits per heavy atom. The highest BCUT2D eigenvalue weighted by Gasteiger charge is 2.46. The van der Waals surface area contributed by atoms with Crippen LogP contribution in [0.3, 0.4) is 0 Å². The van der Waals surface area contributed by atoms with Crippen LogP contribution in [0.1, 0.15) is 6.23 Å². The van der Waals surface area contributed by atoms with Gasteiger partial charge in [-0.3, -0.25) is 24.0 Å². The number of aliphatic hydroxyl groups is 2. The Bertz CT molecular complexity index is 1300. The average Bonchev–Trinajstić information content (AvgIpc) is 2.99. The number of phosphoric ester groups is 1. The minimum Gasteiger partial charge on any atom is -0.387 e. The van der Waals surface area contributed by atoms with Gasteiger partial charge < -0.3 is 29.6 Å². The summed E-state index contributed by atoms with van der Waals surface area (Å²) in [5.41, 5.74) is -1.70. The van der Waals surface area contributed by atoms with Crippen molar-refractivity contribution in [3.8, 4) is 0 Å². The van der Waals surface area contributed by atoms with Crippen molar-refractivity contribution < 1.29 is 56.5 Å². The van der Waals surface area contributed by atoms with Gasteiger partial charge >= 0.3 is 29.1 Å². The zero-order valence-corrected chi connectivity index (χ0v) is 19.9. The first-order valence-electron chi connectivity index (χ1n) is 9.40. The lowest BCUT2D eigenvalue weighted by Crippen LogP contribution is -2.37. The van der Waals surface area contributed by atoms with Gasteiger partial charge in [0.15, 0.2) is 6.23 Å². The lowest BCUT2D eigenvalue weighted by atomic mass is 10.1. The number of nitrogens with zero attached hydrogens (tertiary/aromatic N) is 1. The van der Waals surface area contributed by atoms with E-state index in [-0.39, 0.29) is 5.69 Å². The Hall–Kier alpha value is -1.97. The number of para-hydroxylation sites is 1. The number of aromatic amines is 1. The molecule has 0 radical (unpaired) electrons. The number of anilines is 1. The van der Waals surface area contributed by atoms with E-state index in [1.165, 1.54) is 24.3 Å². The highest BCUT2D eigenvalue weighted by Crippen LogP contribution is 2.67. The van der Waals surface area contributed by atoms with E-state index in [4.69, 9.17) is 4.74 Å². The number of H-pyrrole nitrogens is 1. The fourth-order valence-corrected chi connectivity index (χ4v) is 6.61. The van der Waals surface area contributed by atoms with Gasteiger partial charge in [0.05, 0.1) is 6.61 Å². The summed E-state index contributed by atoms with van der Waals surface area (Å²) in [5, 5.41) is 22.1. The molecule has 2 aromatic rings. The third-order valence-electron chi connectivity index (χ3n) is 4.33. The van der Waals surface area contributed by atoms with E-state index in [1.54, 1.807) is 6.07 Å². The largest absolute Gasteiger partial charge is 0.489 e. The second kappa shape index (κ2) is 10.6. The van der Waals surface area contributed by atoms with Crippen LogP contribution in [-0.4, -0.2) is 59.4 Å². The van der Waals surface area contributed by atoms with Gasteiger partial charge in [0.1, 0.15) is 18.3 Å². The molecule has 0 aliphatic carbocycles. The van der Waals surface area contributed by atoms with Crippen LogP contribution in [0.25, 0.3) is 0 Å². The van der Waals surface area contributed by atoms with Crippen LogP contribution in [0.2, 0.25) is 0 Å². The zero-order valence-electron chi connectivity index (χ0n) is 17.3. The van der Waals surface area contributed by atoms with Crippen molar-refractivity contribution in [2.45, 2.75) is 24.5 Å². The molecule has 1 fully saturated rings. The monoisotopic (exact) mass is 559 g/mol. The molecule has 35 heavy (non-hydrogen) atoms. The molecule has 0 spiro atoms. The first kappa shape index (κ1) is 27.6. The summed E-state index contributed by atoms with van der Waals surface area (Å²) in [4.78, 5) is 54.0. The fourth-order valence-electron chi connectivity index (χ4n) is 2.90. The van der Waals surface area contributed by atoms with Gasteiger partial charge in [-0.2, -0.15) is 8.62 Å². The first-order valence-corrected chi connectivity index (χ1v) is 14.0. The summed E-state index contributed by atoms with van der Waals surface area (Å²) in [6, 6.07) is 8.12. The van der Waals surface area contributed by atoms with Crippen molar-refractivity contribution in [2.75, 3.05) is 11.7 Å². The van der Waals surface area contributed by atoms with Gasteiger partial charge in [-0.15, -0.1) is 0 Å². The minimum absolute atomic E-state index is 0.0174. The van der Waals surface area contributed by atoms with Crippen molar-refractivity contribution in [3.63, 3.8) is 0 Å². The van der Waals surface area contributed by atoms with Crippen LogP contribution in [-0.2, 0) is 31.6 Å². The Morgan fingerprint density at radius 1 is 0.971 bits per heavy atom. The molecular weight excluding hydrogens is 539 g/mol. The van der Waals surface area contributed by atoms with Crippen LogP contribution in [0, 0.1) is 0 Å². The maximum absolute atomic E-state index is 12.1. The summed E-state index contributed by atoms with van der Waals surface area (Å²) in [7, 11) is -16.2. The second-order valence-electron chi connectivity index (χ2n) is 6.96. The molecular formula is C15H20N3O14P3. The summed E-state index contributed by atoms with van der Waals surface area (Å²) < 4.78 is 54.6. The van der Waals surface area contributed by atoms with Crippen LogP contribution in [0.4, 0.5) is 5.69 Å². The number of hydrogen-bond donors (Lipinski definition) is 7. The molecule has 4 unspecified atom stereocenters. The minimum atomic E-state index is -5.68. The van der Waals surface area contributed by atoms with Crippen molar-refractivity contribution in [1.29, 1.82) is 0 Å². The molecule has 0 saturated carbocycles. The predicted octanol–water partition coefficient (Wildman–Crippen LogP) is -0.381. The van der Waals surface area contributed by atoms with Crippen molar-refractivity contribution in [3.05, 3.63) is 63.4 Å². The highest BCUT2D eigenvalue weighted by atomic mass is 31.3. The third-order valence-corrected chi connectivity index (χ3v) is 8.71. The van der Waals surface area contributed by atoms with Gasteiger partial charge in [-0.1, -0.05) is 18.2 Å². The molecule has 7 atom stereocenters. The number of aromatic nitrogens is 2. The molecule has 3 rings (SSSR count). The number of nitrogens with one attached hydrogen (secondary N) is 2. The van der Waals surface area contributed by atoms with E-state index in [0.29, 0.717) is 0 Å². The molecule has 1 aliphatic heterocycles. The number of aliphatic hydroxyl groups excluding tert-OH is 2. The van der Waals surface area contributed by atoms with E-state index in [0.717, 1.165) is 16.8 Å². The normalized spacial score (nSPS) is 27.5. The quantitative estimate of drug-likeness (QED) is 0.183. The number of benzene rings is 1. The Balaban J connectivity index is 1.61. The molecule has 1 aromatic carbocycles. The first-order chi connectivity index (χ1) is 16.2. The maximum atomic E-state index is 12.1. The molecule has 1 aliphatic rings. The smallest absolute Gasteiger partial charge is 0.387 e. The van der Waals surface area contributed by atoms with Crippen LogP contribution < -0.4 is 16.3 Å². The van der Waals surface area contributed by atoms with E-state index in [1.807, 2.05) is 10.1 Å². The lowest BCUT2D eigenvalue weighted by Gasteiger charge is -2.20. The fraction of sp³-hybridized carbons (Fsp3) is 0.333. The maximum Gasteiger partial charge on any atom is 0.489 e. The van der Waals surface area contributed by atoms with Gasteiger partial charge in [0, 0.05) is 18.0 Å². The Kier molecular flexibility index (Phi) is 8.34. The van der Waals surface area contributed by atoms with E-state index < -0.39 is 65.8 Å². The third kappa shape index (κ3) is 7.51. The number of ether oxygens (including phenoxy) is 1. The SMILES string of the molecule is O=c1ccn([C@@H]2O[C@H](COP(=O)(O)OP(=O)(O)OP(=O)(O)Nc3ccccc3)C(O)[C@@H]2O)c(=O)[nH]1. The van der Waals surface area contributed by atoms with Crippen LogP contribution in [0.5, 0.6) is 0 Å². The van der Waals surface area contributed by atoms with Crippen LogP contribution >= 0.6 is 23.4 Å². The molecule has 7 N–H and O–H groups in total. The highest BCUT2D eigenvalue weighted by molar-refractivity contribution is 7.68. The second-order valence-corrected chi connectivity index (χ2v) is 11.7. The van der Waals surface area contributed by atoms with Crippen molar-refractivity contribution in [1.82, 2.24) is 9.55 Å². The molecule has 17 nitrogen and oxygen atoms in total. The van der Waals surface area contributed by atoms with E-state index >= 15 is 0 Å². The molecule has 0 amide bonds. The molecule has 2 heterocycles. The van der Waals surface area contributed by atoms with E-state index in [9.17, 15) is 48.2 Å². The Labute approximate surface area is 195 Å². The molecule has 1 aromatic heterocycles. The summed E-state index contributed by atoms with van der Waals surface area (Å²) in [6.45, 7) is -1.01. The summed E-state index contributed by atoms with van der Waals surface area (Å²) in [6.07, 6.45) is -5.63. The van der Waals surface area contributed by atoms with Crippen molar-refractivity contribution >= 4 is 29.1 Å². The summed E-state index contributed by atoms with van der Waals surface area (Å²) in [5.74, 6) is 0. The lowest BCUT2D eigenvalue weighted by molar-refractivity contribution is -0.0542. The number of hydrogen-bond acceptors (Lipinski definition) is 11. The van der Waals surface area contributed by atoms with Crippen molar-refractivity contribution in [2.24, 2.45) is 0 Å². The summed E-state index contributed by atoms with van der Waals surface area (Å²) >= 11 is 0. The van der Waals surface area contributed by atoms with Gasteiger partial charge in [0.2, 0.25) is 0 Å². The number of phosphoric acid groups is 2. The molecule has 1 saturated heterocycles. The van der Waals surface area contributed by atoms with Gasteiger partial charge in [0.25, 0.3) is 5.56 Å². The number of rotatable bonds is 10. The molecule has 20 heteroatoms. The molecule has 194 valence electrons. The Morgan fingerprint density at radius 3 is 2.26 bits per heavy atom. The standard InChI is InChI=1S/C15H20N3O14P3/c19-11-6-7-18(15(22)16-11)14-13(21)12(20)10(30-14)8-29-34(25,26)32-35(27,28)31-33(23,24)17-9-4-2-1-3-5-9/h1-7,10,12-14,20-21H,8H2,(H,25,26)(H,27,28)(H,16,19,22)(H2,17,23,24)/t10-,12?,13+,14-/m1/s1.